The van der Waals surface area contributed by atoms with Crippen LogP contribution in [-0.2, 0) is 65.4 Å². The fourth-order valence-electron chi connectivity index (χ4n) is 11.2. The second kappa shape index (κ2) is 64.7. The molecule has 6 atom stereocenters. The largest absolute Gasteiger partial charge is 0.472 e. The molecule has 0 saturated carbocycles. The van der Waals surface area contributed by atoms with Crippen molar-refractivity contribution in [1.29, 1.82) is 0 Å². The monoisotopic (exact) mass is 1370 g/mol. The minimum Gasteiger partial charge on any atom is -0.462 e. The number of phosphoric acid groups is 2. The molecule has 3 unspecified atom stereocenters. The van der Waals surface area contributed by atoms with E-state index in [-0.39, 0.29) is 25.7 Å². The number of hydrogen-bond acceptors (Lipinski definition) is 15. The molecule has 0 aliphatic carbocycles. The molecule has 0 aromatic heterocycles. The van der Waals surface area contributed by atoms with E-state index in [0.29, 0.717) is 31.6 Å². The van der Waals surface area contributed by atoms with Gasteiger partial charge in [0, 0.05) is 25.7 Å². The third-order valence-corrected chi connectivity index (χ3v) is 19.4. The number of rotatable bonds is 72. The van der Waals surface area contributed by atoms with Gasteiger partial charge in [-0.3, -0.25) is 37.3 Å². The third kappa shape index (κ3) is 67.0. The number of unbranched alkanes of at least 4 members (excludes halogenated alkanes) is 39. The Bertz CT molecular complexity index is 1820. The van der Waals surface area contributed by atoms with Gasteiger partial charge in [0.1, 0.15) is 19.3 Å². The van der Waals surface area contributed by atoms with Crippen LogP contribution in [0.3, 0.4) is 0 Å². The Labute approximate surface area is 568 Å². The van der Waals surface area contributed by atoms with Gasteiger partial charge in [-0.05, 0) is 43.4 Å². The Morgan fingerprint density at radius 3 is 0.817 bits per heavy atom. The molecule has 0 bridgehead atoms. The molecule has 0 aliphatic heterocycles. The predicted octanol–water partition coefficient (Wildman–Crippen LogP) is 21.4. The summed E-state index contributed by atoms with van der Waals surface area (Å²) >= 11 is 0. The Kier molecular flexibility index (Phi) is 63.4. The van der Waals surface area contributed by atoms with Crippen molar-refractivity contribution in [3.63, 3.8) is 0 Å². The molecule has 0 radical (unpaired) electrons. The molecule has 0 heterocycles. The van der Waals surface area contributed by atoms with E-state index in [1.165, 1.54) is 180 Å². The van der Waals surface area contributed by atoms with Gasteiger partial charge in [0.25, 0.3) is 0 Å². The van der Waals surface area contributed by atoms with Crippen molar-refractivity contribution >= 4 is 39.5 Å². The van der Waals surface area contributed by atoms with Crippen LogP contribution in [0.1, 0.15) is 376 Å². The van der Waals surface area contributed by atoms with Gasteiger partial charge in [-0.1, -0.05) is 325 Å². The van der Waals surface area contributed by atoms with Crippen LogP contribution >= 0.6 is 15.6 Å². The predicted molar refractivity (Wildman–Crippen MR) is 377 cm³/mol. The molecule has 0 spiro atoms. The molecule has 19 heteroatoms. The van der Waals surface area contributed by atoms with Gasteiger partial charge in [-0.25, -0.2) is 9.13 Å². The van der Waals surface area contributed by atoms with Gasteiger partial charge in [-0.2, -0.15) is 0 Å². The first kappa shape index (κ1) is 91.1. The van der Waals surface area contributed by atoms with Crippen molar-refractivity contribution < 1.29 is 80.2 Å². The SMILES string of the molecule is CCCCCCCCCCCCCCCCCCCCCC(=O)O[C@H](COC(=O)CCCCCCCCCCCCCC(C)C)COP(=O)(O)OC[C@@H](O)COP(=O)(O)OC[C@@H](COC(=O)CCCCCCCCC(C)CC)OC(=O)CCCCCCCCCC(C)C. The van der Waals surface area contributed by atoms with E-state index in [0.717, 1.165) is 108 Å². The Hall–Kier alpha value is -1.94. The molecule has 0 amide bonds. The molecule has 0 rings (SSSR count). The average Bonchev–Trinajstić information content (AvgIpc) is 3.11. The standard InChI is InChI=1S/C74H144O17P2/c1-8-10-11-12-13-14-15-16-17-18-19-20-21-22-25-29-34-43-50-57-73(78)90-69(61-84-71(76)55-48-41-33-28-26-23-24-27-31-38-45-52-65(3)4)63-88-92(80,81)86-59-68(75)60-87-93(82,83)89-64-70(91-74(79)58-51-44-35-30-32-39-46-53-66(5)6)62-85-72(77)56-49-42-37-36-40-47-54-67(7)9-2/h65-70,75H,8-64H2,1-7H3,(H,80,81)(H,82,83)/t67?,68-,69-,70-/m1/s1. The van der Waals surface area contributed by atoms with Crippen LogP contribution in [0.5, 0.6) is 0 Å². The molecule has 93 heavy (non-hydrogen) atoms. The van der Waals surface area contributed by atoms with Crippen LogP contribution in [0, 0.1) is 17.8 Å². The first-order chi connectivity index (χ1) is 44.8. The summed E-state index contributed by atoms with van der Waals surface area (Å²) in [5.74, 6) is 0.0729. The number of aliphatic hydroxyl groups excluding tert-OH is 1. The van der Waals surface area contributed by atoms with Crippen LogP contribution in [0.4, 0.5) is 0 Å². The second-order valence-electron chi connectivity index (χ2n) is 27.9. The van der Waals surface area contributed by atoms with Crippen molar-refractivity contribution in [2.45, 2.75) is 394 Å². The summed E-state index contributed by atoms with van der Waals surface area (Å²) in [5.41, 5.74) is 0. The van der Waals surface area contributed by atoms with Gasteiger partial charge in [0.15, 0.2) is 12.2 Å². The summed E-state index contributed by atoms with van der Waals surface area (Å²) in [6.07, 6.45) is 50.2. The fourth-order valence-corrected chi connectivity index (χ4v) is 12.8. The number of carbonyl (C=O) groups excluding carboxylic acids is 4. The zero-order valence-corrected chi connectivity index (χ0v) is 62.5. The van der Waals surface area contributed by atoms with Gasteiger partial charge in [0.05, 0.1) is 26.4 Å². The number of hydrogen-bond donors (Lipinski definition) is 3. The lowest BCUT2D eigenvalue weighted by Gasteiger charge is -2.21. The van der Waals surface area contributed by atoms with Gasteiger partial charge in [0.2, 0.25) is 0 Å². The number of carbonyl (C=O) groups is 4. The van der Waals surface area contributed by atoms with E-state index < -0.39 is 97.5 Å². The zero-order chi connectivity index (χ0) is 68.7. The third-order valence-electron chi connectivity index (χ3n) is 17.5. The van der Waals surface area contributed by atoms with Crippen LogP contribution in [0.15, 0.2) is 0 Å². The summed E-state index contributed by atoms with van der Waals surface area (Å²) in [7, 11) is -9.91. The molecule has 0 aromatic rings. The number of ether oxygens (including phenoxy) is 4. The highest BCUT2D eigenvalue weighted by Crippen LogP contribution is 2.45. The van der Waals surface area contributed by atoms with E-state index in [4.69, 9.17) is 37.0 Å². The number of aliphatic hydroxyl groups is 1. The lowest BCUT2D eigenvalue weighted by atomic mass is 10.00. The van der Waals surface area contributed by atoms with E-state index in [1.807, 2.05) is 0 Å². The Balaban J connectivity index is 5.22. The van der Waals surface area contributed by atoms with Gasteiger partial charge < -0.3 is 33.8 Å². The molecule has 17 nitrogen and oxygen atoms in total. The molecule has 3 N–H and O–H groups in total. The topological polar surface area (TPSA) is 237 Å². The molecule has 0 saturated heterocycles. The number of phosphoric ester groups is 2. The van der Waals surface area contributed by atoms with Gasteiger partial charge in [-0.15, -0.1) is 0 Å². The van der Waals surface area contributed by atoms with Crippen LogP contribution in [-0.4, -0.2) is 96.7 Å². The molecule has 552 valence electrons. The summed E-state index contributed by atoms with van der Waals surface area (Å²) < 4.78 is 68.4. The smallest absolute Gasteiger partial charge is 0.462 e. The first-order valence-electron chi connectivity index (χ1n) is 38.4. The normalized spacial score (nSPS) is 14.4. The molecular formula is C74H144O17P2. The maximum Gasteiger partial charge on any atom is 0.472 e. The van der Waals surface area contributed by atoms with Crippen LogP contribution < -0.4 is 0 Å². The average molecular weight is 1370 g/mol. The second-order valence-corrected chi connectivity index (χ2v) is 30.8. The number of esters is 4. The zero-order valence-electron chi connectivity index (χ0n) is 60.7. The highest BCUT2D eigenvalue weighted by Gasteiger charge is 2.30. The van der Waals surface area contributed by atoms with Crippen molar-refractivity contribution in [3.8, 4) is 0 Å². The van der Waals surface area contributed by atoms with Crippen molar-refractivity contribution in [2.75, 3.05) is 39.6 Å². The molecule has 0 fully saturated rings. The van der Waals surface area contributed by atoms with E-state index in [1.54, 1.807) is 0 Å². The fraction of sp³-hybridized carbons (Fsp3) is 0.946. The van der Waals surface area contributed by atoms with E-state index >= 15 is 0 Å². The summed E-state index contributed by atoms with van der Waals surface area (Å²) in [5, 5.41) is 10.6. The minimum absolute atomic E-state index is 0.102. The van der Waals surface area contributed by atoms with Crippen LogP contribution in [0.2, 0.25) is 0 Å². The Morgan fingerprint density at radius 2 is 0.548 bits per heavy atom. The summed E-state index contributed by atoms with van der Waals surface area (Å²) in [6, 6.07) is 0. The van der Waals surface area contributed by atoms with Crippen molar-refractivity contribution in [2.24, 2.45) is 17.8 Å². The molecular weight excluding hydrogens is 1220 g/mol. The maximum absolute atomic E-state index is 13.1. The highest BCUT2D eigenvalue weighted by molar-refractivity contribution is 7.47. The van der Waals surface area contributed by atoms with E-state index in [9.17, 15) is 43.2 Å². The maximum atomic E-state index is 13.1. The lowest BCUT2D eigenvalue weighted by Crippen LogP contribution is -2.30. The molecule has 0 aliphatic rings. The molecule has 0 aromatic carbocycles. The lowest BCUT2D eigenvalue weighted by molar-refractivity contribution is -0.161. The minimum atomic E-state index is -4.96. The first-order valence-corrected chi connectivity index (χ1v) is 41.4. The highest BCUT2D eigenvalue weighted by atomic mass is 31.2. The summed E-state index contributed by atoms with van der Waals surface area (Å²) in [6.45, 7) is 11.8. The Morgan fingerprint density at radius 1 is 0.312 bits per heavy atom. The summed E-state index contributed by atoms with van der Waals surface area (Å²) in [4.78, 5) is 72.7. The van der Waals surface area contributed by atoms with Crippen molar-refractivity contribution in [3.05, 3.63) is 0 Å². The quantitative estimate of drug-likeness (QED) is 0.0222. The van der Waals surface area contributed by atoms with Crippen LogP contribution in [0.25, 0.3) is 0 Å². The van der Waals surface area contributed by atoms with Crippen molar-refractivity contribution in [1.82, 2.24) is 0 Å². The van der Waals surface area contributed by atoms with Gasteiger partial charge >= 0.3 is 39.5 Å². The van der Waals surface area contributed by atoms with E-state index in [2.05, 4.69) is 48.5 Å².